The van der Waals surface area contributed by atoms with E-state index >= 15 is 0 Å². The monoisotopic (exact) mass is 320 g/mol. The van der Waals surface area contributed by atoms with Crippen molar-refractivity contribution in [2.75, 3.05) is 20.8 Å². The first kappa shape index (κ1) is 17.8. The summed E-state index contributed by atoms with van der Waals surface area (Å²) in [4.78, 5) is 14.6. The molecule has 0 saturated heterocycles. The molecular weight excluding hydrogens is 292 g/mol. The third-order valence-corrected chi connectivity index (χ3v) is 5.14. The molecule has 1 aliphatic rings. The fraction of sp³-hybridized carbons (Fsp3) is 0.611. The number of rotatable bonds is 6. The Hall–Kier alpha value is -1.59. The number of amides is 1. The minimum atomic E-state index is -0.867. The van der Waals surface area contributed by atoms with Crippen LogP contribution in [0.2, 0.25) is 0 Å². The van der Waals surface area contributed by atoms with Crippen LogP contribution in [0.15, 0.2) is 24.3 Å². The molecule has 0 aliphatic heterocycles. The van der Waals surface area contributed by atoms with Crippen molar-refractivity contribution in [1.82, 2.24) is 4.90 Å². The molecule has 0 spiro atoms. The maximum Gasteiger partial charge on any atom is 0.243 e. The van der Waals surface area contributed by atoms with E-state index in [1.165, 1.54) is 0 Å². The lowest BCUT2D eigenvalue weighted by Gasteiger charge is -2.58. The Bertz CT molecular complexity index is 556. The summed E-state index contributed by atoms with van der Waals surface area (Å²) >= 11 is 0. The van der Waals surface area contributed by atoms with E-state index in [2.05, 4.69) is 0 Å². The fourth-order valence-corrected chi connectivity index (χ4v) is 3.22. The van der Waals surface area contributed by atoms with Crippen molar-refractivity contribution in [2.24, 2.45) is 11.1 Å². The number of nitrogens with zero attached hydrogens (tertiary/aromatic N) is 1. The van der Waals surface area contributed by atoms with Gasteiger partial charge in [-0.15, -0.1) is 0 Å². The molecule has 1 amide bonds. The lowest BCUT2D eigenvalue weighted by atomic mass is 9.54. The van der Waals surface area contributed by atoms with Crippen LogP contribution in [0.5, 0.6) is 5.75 Å². The number of carbonyl (C=O) groups excluding carboxylic acids is 1. The van der Waals surface area contributed by atoms with Gasteiger partial charge in [-0.25, -0.2) is 0 Å². The molecule has 2 atom stereocenters. The molecule has 1 aliphatic carbocycles. The summed E-state index contributed by atoms with van der Waals surface area (Å²) in [6.07, 6.45) is 0.607. The average Bonchev–Trinajstić information content (AvgIpc) is 2.54. The third-order valence-electron chi connectivity index (χ3n) is 5.14. The Balaban J connectivity index is 2.04. The number of methoxy groups -OCH3 is 1. The molecule has 1 fully saturated rings. The van der Waals surface area contributed by atoms with Crippen LogP contribution in [0.25, 0.3) is 0 Å². The van der Waals surface area contributed by atoms with Crippen LogP contribution in [0, 0.1) is 5.41 Å². The summed E-state index contributed by atoms with van der Waals surface area (Å²) in [5.74, 6) is 0.770. The molecule has 0 radical (unpaired) electrons. The summed E-state index contributed by atoms with van der Waals surface area (Å²) < 4.78 is 10.8. The highest BCUT2D eigenvalue weighted by molar-refractivity contribution is 5.88. The first-order chi connectivity index (χ1) is 10.8. The van der Waals surface area contributed by atoms with Crippen LogP contribution in [-0.4, -0.2) is 43.2 Å². The second kappa shape index (κ2) is 6.49. The minimum Gasteiger partial charge on any atom is -0.497 e. The summed E-state index contributed by atoms with van der Waals surface area (Å²) in [6.45, 7) is 7.15. The van der Waals surface area contributed by atoms with Crippen LogP contribution in [0.4, 0.5) is 0 Å². The molecule has 1 aromatic rings. The normalized spacial score (nSPS) is 25.6. The first-order valence-corrected chi connectivity index (χ1v) is 8.05. The fourth-order valence-electron chi connectivity index (χ4n) is 3.22. The van der Waals surface area contributed by atoms with E-state index in [0.29, 0.717) is 19.6 Å². The highest BCUT2D eigenvalue weighted by Crippen LogP contribution is 2.50. The molecule has 0 bridgehead atoms. The van der Waals surface area contributed by atoms with Gasteiger partial charge >= 0.3 is 0 Å². The average molecular weight is 320 g/mol. The van der Waals surface area contributed by atoms with Gasteiger partial charge in [-0.3, -0.25) is 4.79 Å². The lowest BCUT2D eigenvalue weighted by Crippen LogP contribution is -2.75. The van der Waals surface area contributed by atoms with Gasteiger partial charge < -0.3 is 20.1 Å². The Labute approximate surface area is 138 Å². The topological polar surface area (TPSA) is 64.8 Å². The van der Waals surface area contributed by atoms with Crippen molar-refractivity contribution in [3.63, 3.8) is 0 Å². The van der Waals surface area contributed by atoms with Gasteiger partial charge in [0.2, 0.25) is 5.91 Å². The van der Waals surface area contributed by atoms with Crippen LogP contribution in [0.1, 0.15) is 32.8 Å². The molecule has 2 rings (SSSR count). The molecule has 128 valence electrons. The summed E-state index contributed by atoms with van der Waals surface area (Å²) in [7, 11) is 3.43. The van der Waals surface area contributed by atoms with Gasteiger partial charge in [0, 0.05) is 32.0 Å². The molecular formula is C18H28N2O3. The number of nitrogens with two attached hydrogens (primary N) is 1. The zero-order valence-electron chi connectivity index (χ0n) is 14.8. The second-order valence-corrected chi connectivity index (χ2v) is 6.85. The minimum absolute atomic E-state index is 0.0331. The van der Waals surface area contributed by atoms with Crippen molar-refractivity contribution < 1.29 is 14.3 Å². The van der Waals surface area contributed by atoms with Gasteiger partial charge in [-0.2, -0.15) is 0 Å². The highest BCUT2D eigenvalue weighted by atomic mass is 16.5. The second-order valence-electron chi connectivity index (χ2n) is 6.85. The zero-order chi connectivity index (χ0) is 17.3. The molecule has 0 aromatic heterocycles. The first-order valence-electron chi connectivity index (χ1n) is 8.05. The number of ether oxygens (including phenoxy) is 2. The lowest BCUT2D eigenvalue weighted by molar-refractivity contribution is -0.178. The summed E-state index contributed by atoms with van der Waals surface area (Å²) in [6, 6.07) is 7.70. The van der Waals surface area contributed by atoms with Gasteiger partial charge in [-0.1, -0.05) is 26.0 Å². The molecule has 1 aromatic carbocycles. The van der Waals surface area contributed by atoms with Crippen LogP contribution in [-0.2, 0) is 16.1 Å². The maximum absolute atomic E-state index is 12.9. The standard InChI is InChI=1S/C18H28N2O3/c1-6-23-15-11-18(19,17(15,2)3)16(21)20(4)12-13-7-9-14(22-5)10-8-13/h7-10,15H,6,11-12,19H2,1-5H3. The Morgan fingerprint density at radius 2 is 1.96 bits per heavy atom. The Morgan fingerprint density at radius 1 is 1.35 bits per heavy atom. The van der Waals surface area contributed by atoms with Crippen LogP contribution < -0.4 is 10.5 Å². The number of benzene rings is 1. The zero-order valence-corrected chi connectivity index (χ0v) is 14.8. The van der Waals surface area contributed by atoms with Gasteiger partial charge in [-0.05, 0) is 24.6 Å². The molecule has 5 nitrogen and oxygen atoms in total. The molecule has 1 saturated carbocycles. The number of likely N-dealkylation sites (N-methyl/N-ethyl adjacent to an activating group) is 1. The maximum atomic E-state index is 12.9. The summed E-state index contributed by atoms with van der Waals surface area (Å²) in [5.41, 5.74) is 6.27. The van der Waals surface area contributed by atoms with E-state index < -0.39 is 5.54 Å². The predicted octanol–water partition coefficient (Wildman–Crippen LogP) is 2.19. The van der Waals surface area contributed by atoms with Crippen molar-refractivity contribution in [3.8, 4) is 5.75 Å². The number of hydrogen-bond donors (Lipinski definition) is 1. The van der Waals surface area contributed by atoms with E-state index in [1.807, 2.05) is 45.0 Å². The molecule has 2 unspecified atom stereocenters. The van der Waals surface area contributed by atoms with E-state index in [1.54, 1.807) is 19.1 Å². The van der Waals surface area contributed by atoms with Crippen LogP contribution in [0.3, 0.4) is 0 Å². The van der Waals surface area contributed by atoms with Gasteiger partial charge in [0.15, 0.2) is 0 Å². The van der Waals surface area contributed by atoms with Gasteiger partial charge in [0.1, 0.15) is 11.3 Å². The Morgan fingerprint density at radius 3 is 2.43 bits per heavy atom. The molecule has 0 heterocycles. The van der Waals surface area contributed by atoms with Gasteiger partial charge in [0.05, 0.1) is 13.2 Å². The molecule has 23 heavy (non-hydrogen) atoms. The number of carbonyl (C=O) groups is 1. The number of hydrogen-bond acceptors (Lipinski definition) is 4. The quantitative estimate of drug-likeness (QED) is 0.872. The smallest absolute Gasteiger partial charge is 0.243 e. The molecule has 2 N–H and O–H groups in total. The highest BCUT2D eigenvalue weighted by Gasteiger charge is 2.63. The molecule has 5 heteroatoms. The van der Waals surface area contributed by atoms with Crippen LogP contribution >= 0.6 is 0 Å². The van der Waals surface area contributed by atoms with E-state index in [0.717, 1.165) is 11.3 Å². The Kier molecular flexibility index (Phi) is 5.01. The predicted molar refractivity (Wildman–Crippen MR) is 90.2 cm³/mol. The third kappa shape index (κ3) is 3.08. The van der Waals surface area contributed by atoms with Gasteiger partial charge in [0.25, 0.3) is 0 Å². The summed E-state index contributed by atoms with van der Waals surface area (Å²) in [5, 5.41) is 0. The largest absolute Gasteiger partial charge is 0.497 e. The van der Waals surface area contributed by atoms with E-state index in [9.17, 15) is 4.79 Å². The van der Waals surface area contributed by atoms with Crippen molar-refractivity contribution >= 4 is 5.91 Å². The van der Waals surface area contributed by atoms with E-state index in [4.69, 9.17) is 15.2 Å². The van der Waals surface area contributed by atoms with Crippen molar-refractivity contribution in [2.45, 2.75) is 45.4 Å². The van der Waals surface area contributed by atoms with E-state index in [-0.39, 0.29) is 17.4 Å². The van der Waals surface area contributed by atoms with Crippen molar-refractivity contribution in [1.29, 1.82) is 0 Å². The van der Waals surface area contributed by atoms with Crippen molar-refractivity contribution in [3.05, 3.63) is 29.8 Å². The SMILES string of the molecule is CCOC1CC(N)(C(=O)N(C)Cc2ccc(OC)cc2)C1(C)C.